The van der Waals surface area contributed by atoms with Crippen LogP contribution in [0.25, 0.3) is 10.6 Å². The van der Waals surface area contributed by atoms with E-state index < -0.39 is 10.1 Å². The zero-order valence-electron chi connectivity index (χ0n) is 13.0. The Morgan fingerprint density at radius 2 is 1.79 bits per heavy atom. The predicted molar refractivity (Wildman–Crippen MR) is 91.2 cm³/mol. The minimum atomic E-state index is -3.97. The molecule has 1 aromatic heterocycles. The second-order valence-corrected chi connectivity index (χ2v) is 8.03. The van der Waals surface area contributed by atoms with Crippen LogP contribution in [-0.2, 0) is 10.1 Å². The highest BCUT2D eigenvalue weighted by atomic mass is 32.3. The fourth-order valence-corrected chi connectivity index (χ4v) is 4.16. The van der Waals surface area contributed by atoms with Gasteiger partial charge in [0.1, 0.15) is 16.6 Å². The van der Waals surface area contributed by atoms with E-state index in [-0.39, 0.29) is 10.0 Å². The van der Waals surface area contributed by atoms with Crippen molar-refractivity contribution in [1.29, 1.82) is 0 Å². The monoisotopic (exact) mass is 363 g/mol. The van der Waals surface area contributed by atoms with E-state index in [1.165, 1.54) is 18.3 Å². The van der Waals surface area contributed by atoms with Crippen molar-refractivity contribution in [1.82, 2.24) is 4.98 Å². The average molecular weight is 363 g/mol. The molecule has 0 N–H and O–H groups in total. The van der Waals surface area contributed by atoms with Crippen LogP contribution in [0.5, 0.6) is 5.75 Å². The van der Waals surface area contributed by atoms with Gasteiger partial charge < -0.3 is 4.18 Å². The number of aryl methyl sites for hydroxylation is 1. The van der Waals surface area contributed by atoms with Crippen molar-refractivity contribution in [2.45, 2.75) is 18.1 Å². The normalized spacial score (nSPS) is 11.5. The molecule has 0 saturated heterocycles. The average Bonchev–Trinajstić information content (AvgIpc) is 3.03. The Morgan fingerprint density at radius 3 is 2.50 bits per heavy atom. The maximum absolute atomic E-state index is 13.0. The van der Waals surface area contributed by atoms with Gasteiger partial charge >= 0.3 is 10.1 Å². The lowest BCUT2D eigenvalue weighted by molar-refractivity contribution is 0.486. The lowest BCUT2D eigenvalue weighted by Gasteiger charge is -2.09. The SMILES string of the molecule is Cc1cccc(OS(=O)(=O)c2cnc(-c3ccc(F)cc3)s2)c1C. The summed E-state index contributed by atoms with van der Waals surface area (Å²) in [5, 5.41) is 0.484. The smallest absolute Gasteiger partial charge is 0.350 e. The summed E-state index contributed by atoms with van der Waals surface area (Å²) in [6, 6.07) is 10.9. The predicted octanol–water partition coefficient (Wildman–Crippen LogP) is 4.33. The molecule has 0 atom stereocenters. The van der Waals surface area contributed by atoms with Gasteiger partial charge in [-0.3, -0.25) is 0 Å². The first-order valence-electron chi connectivity index (χ1n) is 7.09. The summed E-state index contributed by atoms with van der Waals surface area (Å²) >= 11 is 0.982. The van der Waals surface area contributed by atoms with Crippen molar-refractivity contribution in [3.05, 3.63) is 65.6 Å². The summed E-state index contributed by atoms with van der Waals surface area (Å²) < 4.78 is 43.1. The molecule has 7 heteroatoms. The van der Waals surface area contributed by atoms with Gasteiger partial charge in [-0.1, -0.05) is 23.5 Å². The zero-order chi connectivity index (χ0) is 17.3. The summed E-state index contributed by atoms with van der Waals surface area (Å²) in [5.41, 5.74) is 2.36. The first-order chi connectivity index (χ1) is 11.4. The largest absolute Gasteiger partial charge is 0.378 e. The van der Waals surface area contributed by atoms with Crippen LogP contribution in [0.4, 0.5) is 4.39 Å². The summed E-state index contributed by atoms with van der Waals surface area (Å²) in [5.74, 6) is -0.0619. The van der Waals surface area contributed by atoms with Gasteiger partial charge in [-0.15, -0.1) is 0 Å². The van der Waals surface area contributed by atoms with E-state index in [1.54, 1.807) is 31.2 Å². The fourth-order valence-electron chi connectivity index (χ4n) is 2.07. The maximum atomic E-state index is 13.0. The van der Waals surface area contributed by atoms with Crippen LogP contribution in [0.15, 0.2) is 52.9 Å². The molecule has 2 aromatic carbocycles. The van der Waals surface area contributed by atoms with Gasteiger partial charge in [0.2, 0.25) is 0 Å². The van der Waals surface area contributed by atoms with E-state index in [0.29, 0.717) is 16.3 Å². The Hall–Kier alpha value is -2.25. The van der Waals surface area contributed by atoms with Gasteiger partial charge in [-0.2, -0.15) is 8.42 Å². The molecule has 0 aliphatic carbocycles. The Labute approximate surface area is 143 Å². The highest BCUT2D eigenvalue weighted by Crippen LogP contribution is 2.31. The Balaban J connectivity index is 1.91. The van der Waals surface area contributed by atoms with Crippen LogP contribution in [-0.4, -0.2) is 13.4 Å². The van der Waals surface area contributed by atoms with Gasteiger partial charge in [0.05, 0.1) is 6.20 Å². The van der Waals surface area contributed by atoms with Crippen LogP contribution in [0.1, 0.15) is 11.1 Å². The summed E-state index contributed by atoms with van der Waals surface area (Å²) in [7, 11) is -3.97. The molecule has 3 aromatic rings. The molecule has 0 bridgehead atoms. The van der Waals surface area contributed by atoms with E-state index in [9.17, 15) is 12.8 Å². The van der Waals surface area contributed by atoms with Crippen molar-refractivity contribution in [3.63, 3.8) is 0 Å². The molecule has 0 saturated carbocycles. The number of hydrogen-bond acceptors (Lipinski definition) is 5. The number of hydrogen-bond donors (Lipinski definition) is 0. The number of rotatable bonds is 4. The van der Waals surface area contributed by atoms with Gasteiger partial charge in [-0.25, -0.2) is 9.37 Å². The van der Waals surface area contributed by atoms with Gasteiger partial charge in [-0.05, 0) is 55.3 Å². The van der Waals surface area contributed by atoms with Crippen molar-refractivity contribution in [2.24, 2.45) is 0 Å². The molecular weight excluding hydrogens is 349 g/mol. The Morgan fingerprint density at radius 1 is 1.08 bits per heavy atom. The molecule has 0 aliphatic rings. The lowest BCUT2D eigenvalue weighted by Crippen LogP contribution is -2.09. The second kappa shape index (κ2) is 6.33. The quantitative estimate of drug-likeness (QED) is 0.647. The van der Waals surface area contributed by atoms with Crippen LogP contribution in [0.2, 0.25) is 0 Å². The van der Waals surface area contributed by atoms with E-state index >= 15 is 0 Å². The molecule has 0 aliphatic heterocycles. The summed E-state index contributed by atoms with van der Waals surface area (Å²) in [6.45, 7) is 3.69. The Kier molecular flexibility index (Phi) is 4.38. The zero-order valence-corrected chi connectivity index (χ0v) is 14.6. The number of nitrogens with zero attached hydrogens (tertiary/aromatic N) is 1. The minimum Gasteiger partial charge on any atom is -0.378 e. The van der Waals surface area contributed by atoms with E-state index in [4.69, 9.17) is 4.18 Å². The molecular formula is C17H14FNO3S2. The van der Waals surface area contributed by atoms with Crippen molar-refractivity contribution in [2.75, 3.05) is 0 Å². The van der Waals surface area contributed by atoms with Crippen LogP contribution >= 0.6 is 11.3 Å². The van der Waals surface area contributed by atoms with Gasteiger partial charge in [0.25, 0.3) is 0 Å². The van der Waals surface area contributed by atoms with E-state index in [0.717, 1.165) is 22.5 Å². The molecule has 1 heterocycles. The first-order valence-corrected chi connectivity index (χ1v) is 9.32. The molecule has 124 valence electrons. The van der Waals surface area contributed by atoms with Gasteiger partial charge in [0, 0.05) is 5.56 Å². The lowest BCUT2D eigenvalue weighted by atomic mass is 10.1. The van der Waals surface area contributed by atoms with Crippen molar-refractivity contribution in [3.8, 4) is 16.3 Å². The molecule has 4 nitrogen and oxygen atoms in total. The fraction of sp³-hybridized carbons (Fsp3) is 0.118. The van der Waals surface area contributed by atoms with Crippen LogP contribution in [0, 0.1) is 19.7 Å². The third kappa shape index (κ3) is 3.32. The molecule has 24 heavy (non-hydrogen) atoms. The molecule has 0 unspecified atom stereocenters. The number of aromatic nitrogens is 1. The highest BCUT2D eigenvalue weighted by Gasteiger charge is 2.22. The number of benzene rings is 2. The molecule has 0 radical (unpaired) electrons. The minimum absolute atomic E-state index is 0.00253. The molecule has 0 fully saturated rings. The molecule has 0 spiro atoms. The second-order valence-electron chi connectivity index (χ2n) is 5.23. The Bertz CT molecular complexity index is 979. The van der Waals surface area contributed by atoms with E-state index in [1.807, 2.05) is 13.0 Å². The highest BCUT2D eigenvalue weighted by molar-refractivity contribution is 7.89. The summed E-state index contributed by atoms with van der Waals surface area (Å²) in [6.07, 6.45) is 1.25. The van der Waals surface area contributed by atoms with Crippen molar-refractivity contribution < 1.29 is 17.0 Å². The van der Waals surface area contributed by atoms with Crippen LogP contribution < -0.4 is 4.18 Å². The van der Waals surface area contributed by atoms with Gasteiger partial charge in [0.15, 0.2) is 4.21 Å². The standard InChI is InChI=1S/C17H14FNO3S2/c1-11-4-3-5-15(12(11)2)22-24(20,21)16-10-19-17(23-16)13-6-8-14(18)9-7-13/h3-10H,1-2H3. The van der Waals surface area contributed by atoms with Crippen molar-refractivity contribution >= 4 is 21.5 Å². The van der Waals surface area contributed by atoms with E-state index in [2.05, 4.69) is 4.98 Å². The third-order valence-corrected chi connectivity index (χ3v) is 6.28. The maximum Gasteiger partial charge on any atom is 0.350 e. The molecule has 0 amide bonds. The number of halogens is 1. The third-order valence-electron chi connectivity index (χ3n) is 3.58. The van der Waals surface area contributed by atoms with Crippen LogP contribution in [0.3, 0.4) is 0 Å². The first kappa shape index (κ1) is 16.6. The topological polar surface area (TPSA) is 56.3 Å². The molecule has 3 rings (SSSR count). The summed E-state index contributed by atoms with van der Waals surface area (Å²) in [4.78, 5) is 4.10. The number of thiazole rings is 1.